The molecule has 7 heteroatoms. The number of imide groups is 1. The van der Waals surface area contributed by atoms with Gasteiger partial charge in [-0.2, -0.15) is 0 Å². The van der Waals surface area contributed by atoms with E-state index in [4.69, 9.17) is 9.47 Å². The normalized spacial score (nSPS) is 19.3. The molecule has 0 saturated heterocycles. The van der Waals surface area contributed by atoms with Gasteiger partial charge < -0.3 is 14.8 Å². The summed E-state index contributed by atoms with van der Waals surface area (Å²) in [6, 6.07) is 6.52. The van der Waals surface area contributed by atoms with Crippen LogP contribution in [-0.2, 0) is 20.7 Å². The number of methoxy groups -OCH3 is 1. The summed E-state index contributed by atoms with van der Waals surface area (Å²) in [6.07, 6.45) is 4.28. The molecule has 26 heavy (non-hydrogen) atoms. The summed E-state index contributed by atoms with van der Waals surface area (Å²) < 4.78 is 9.96. The van der Waals surface area contributed by atoms with E-state index in [0.29, 0.717) is 11.7 Å². The Morgan fingerprint density at radius 3 is 2.46 bits per heavy atom. The molecule has 0 aliphatic heterocycles. The van der Waals surface area contributed by atoms with Crippen LogP contribution in [0, 0.1) is 5.92 Å². The highest BCUT2D eigenvalue weighted by atomic mass is 16.5. The molecule has 0 heterocycles. The van der Waals surface area contributed by atoms with Crippen molar-refractivity contribution in [3.05, 3.63) is 29.8 Å². The molecule has 0 spiro atoms. The summed E-state index contributed by atoms with van der Waals surface area (Å²) in [6.45, 7) is 1.61. The van der Waals surface area contributed by atoms with Gasteiger partial charge in [-0.3, -0.25) is 14.9 Å². The summed E-state index contributed by atoms with van der Waals surface area (Å²) in [5, 5.41) is 5.01. The number of carbonyl (C=O) groups is 3. The molecular formula is C19H26N2O5. The number of esters is 1. The van der Waals surface area contributed by atoms with E-state index in [2.05, 4.69) is 17.6 Å². The SMILES string of the molecule is COc1ccc(CC(=O)OCC(=O)NC(=O)N[C@@H]2CCCC[C@@H]2C)cc1. The molecule has 0 unspecified atom stereocenters. The summed E-state index contributed by atoms with van der Waals surface area (Å²) in [4.78, 5) is 35.4. The molecule has 2 rings (SSSR count). The molecule has 1 aliphatic carbocycles. The number of ether oxygens (including phenoxy) is 2. The van der Waals surface area contributed by atoms with Crippen LogP contribution in [0.5, 0.6) is 5.75 Å². The van der Waals surface area contributed by atoms with E-state index in [0.717, 1.165) is 24.8 Å². The van der Waals surface area contributed by atoms with Crippen LogP contribution in [0.25, 0.3) is 0 Å². The molecule has 0 bridgehead atoms. The molecule has 1 aromatic rings. The van der Waals surface area contributed by atoms with Gasteiger partial charge in [-0.1, -0.05) is 31.9 Å². The van der Waals surface area contributed by atoms with E-state index >= 15 is 0 Å². The van der Waals surface area contributed by atoms with Crippen LogP contribution in [0.3, 0.4) is 0 Å². The van der Waals surface area contributed by atoms with E-state index in [9.17, 15) is 14.4 Å². The van der Waals surface area contributed by atoms with Gasteiger partial charge in [0.15, 0.2) is 6.61 Å². The van der Waals surface area contributed by atoms with Crippen LogP contribution in [0.1, 0.15) is 38.2 Å². The van der Waals surface area contributed by atoms with Crippen LogP contribution < -0.4 is 15.4 Å². The van der Waals surface area contributed by atoms with Crippen molar-refractivity contribution in [2.24, 2.45) is 5.92 Å². The molecule has 1 aliphatic rings. The lowest BCUT2D eigenvalue weighted by atomic mass is 9.86. The van der Waals surface area contributed by atoms with Crippen molar-refractivity contribution in [3.8, 4) is 5.75 Å². The number of urea groups is 1. The Kier molecular flexibility index (Phi) is 7.44. The first-order valence-electron chi connectivity index (χ1n) is 8.87. The van der Waals surface area contributed by atoms with E-state index < -0.39 is 24.5 Å². The Hall–Kier alpha value is -2.57. The summed E-state index contributed by atoms with van der Waals surface area (Å²) in [5.41, 5.74) is 0.750. The Morgan fingerprint density at radius 2 is 1.81 bits per heavy atom. The molecule has 0 radical (unpaired) electrons. The first-order chi connectivity index (χ1) is 12.5. The van der Waals surface area contributed by atoms with Crippen LogP contribution in [0.15, 0.2) is 24.3 Å². The minimum atomic E-state index is -0.644. The van der Waals surface area contributed by atoms with Gasteiger partial charge in [0.1, 0.15) is 5.75 Å². The summed E-state index contributed by atoms with van der Waals surface area (Å²) in [5.74, 6) is -0.0904. The predicted molar refractivity (Wildman–Crippen MR) is 95.8 cm³/mol. The number of hydrogen-bond acceptors (Lipinski definition) is 5. The van der Waals surface area contributed by atoms with Crippen molar-refractivity contribution in [2.75, 3.05) is 13.7 Å². The minimum absolute atomic E-state index is 0.0447. The van der Waals surface area contributed by atoms with E-state index in [1.807, 2.05) is 0 Å². The van der Waals surface area contributed by atoms with Gasteiger partial charge >= 0.3 is 12.0 Å². The predicted octanol–water partition coefficient (Wildman–Crippen LogP) is 2.19. The number of hydrogen-bond donors (Lipinski definition) is 2. The van der Waals surface area contributed by atoms with Crippen molar-refractivity contribution in [1.82, 2.24) is 10.6 Å². The van der Waals surface area contributed by atoms with Crippen molar-refractivity contribution < 1.29 is 23.9 Å². The topological polar surface area (TPSA) is 93.7 Å². The highest BCUT2D eigenvalue weighted by molar-refractivity contribution is 5.95. The molecule has 2 N–H and O–H groups in total. The smallest absolute Gasteiger partial charge is 0.321 e. The third-order valence-electron chi connectivity index (χ3n) is 4.55. The lowest BCUT2D eigenvalue weighted by Crippen LogP contribution is -2.48. The third-order valence-corrected chi connectivity index (χ3v) is 4.55. The third kappa shape index (κ3) is 6.38. The minimum Gasteiger partial charge on any atom is -0.497 e. The maximum absolute atomic E-state index is 11.9. The first-order valence-corrected chi connectivity index (χ1v) is 8.87. The maximum atomic E-state index is 11.9. The molecule has 2 atom stereocenters. The van der Waals surface area contributed by atoms with E-state index in [-0.39, 0.29) is 12.5 Å². The van der Waals surface area contributed by atoms with Gasteiger partial charge in [0, 0.05) is 6.04 Å². The Balaban J connectivity index is 1.68. The van der Waals surface area contributed by atoms with Crippen molar-refractivity contribution >= 4 is 17.9 Å². The Labute approximate surface area is 153 Å². The number of amides is 3. The van der Waals surface area contributed by atoms with Crippen molar-refractivity contribution in [1.29, 1.82) is 0 Å². The second-order valence-electron chi connectivity index (χ2n) is 6.58. The van der Waals surface area contributed by atoms with Crippen molar-refractivity contribution in [2.45, 2.75) is 45.1 Å². The van der Waals surface area contributed by atoms with Crippen LogP contribution >= 0.6 is 0 Å². The largest absolute Gasteiger partial charge is 0.497 e. The molecule has 3 amide bonds. The zero-order valence-corrected chi connectivity index (χ0v) is 15.2. The zero-order chi connectivity index (χ0) is 18.9. The lowest BCUT2D eigenvalue weighted by Gasteiger charge is -2.29. The number of nitrogens with one attached hydrogen (secondary N) is 2. The maximum Gasteiger partial charge on any atom is 0.321 e. The average molecular weight is 362 g/mol. The average Bonchev–Trinajstić information content (AvgIpc) is 2.62. The fourth-order valence-corrected chi connectivity index (χ4v) is 3.01. The zero-order valence-electron chi connectivity index (χ0n) is 15.2. The lowest BCUT2D eigenvalue weighted by molar-refractivity contribution is -0.147. The Morgan fingerprint density at radius 1 is 1.12 bits per heavy atom. The molecule has 1 saturated carbocycles. The molecular weight excluding hydrogens is 336 g/mol. The van der Waals surface area contributed by atoms with Crippen LogP contribution in [0.4, 0.5) is 4.79 Å². The summed E-state index contributed by atoms with van der Waals surface area (Å²) in [7, 11) is 1.56. The van der Waals surface area contributed by atoms with E-state index in [1.54, 1.807) is 31.4 Å². The van der Waals surface area contributed by atoms with E-state index in [1.165, 1.54) is 6.42 Å². The summed E-state index contributed by atoms with van der Waals surface area (Å²) >= 11 is 0. The molecule has 0 aromatic heterocycles. The second-order valence-corrected chi connectivity index (χ2v) is 6.58. The Bertz CT molecular complexity index is 629. The van der Waals surface area contributed by atoms with Crippen LogP contribution in [0.2, 0.25) is 0 Å². The molecule has 1 aromatic carbocycles. The fourth-order valence-electron chi connectivity index (χ4n) is 3.01. The second kappa shape index (κ2) is 9.79. The van der Waals surface area contributed by atoms with Gasteiger partial charge in [-0.05, 0) is 36.5 Å². The van der Waals surface area contributed by atoms with Gasteiger partial charge in [0.2, 0.25) is 0 Å². The monoisotopic (exact) mass is 362 g/mol. The first kappa shape index (κ1) is 19.8. The number of benzene rings is 1. The van der Waals surface area contributed by atoms with Crippen LogP contribution in [-0.4, -0.2) is 37.7 Å². The van der Waals surface area contributed by atoms with Gasteiger partial charge in [0.25, 0.3) is 5.91 Å². The van der Waals surface area contributed by atoms with Gasteiger partial charge in [-0.15, -0.1) is 0 Å². The van der Waals surface area contributed by atoms with Crippen molar-refractivity contribution in [3.63, 3.8) is 0 Å². The molecule has 1 fully saturated rings. The number of carbonyl (C=O) groups excluding carboxylic acids is 3. The van der Waals surface area contributed by atoms with Gasteiger partial charge in [0.05, 0.1) is 13.5 Å². The highest BCUT2D eigenvalue weighted by Gasteiger charge is 2.23. The van der Waals surface area contributed by atoms with Gasteiger partial charge in [-0.25, -0.2) is 4.79 Å². The standard InChI is InChI=1S/C19H26N2O5/c1-13-5-3-4-6-16(13)20-19(24)21-17(22)12-26-18(23)11-14-7-9-15(25-2)10-8-14/h7-10,13,16H,3-6,11-12H2,1-2H3,(H2,20,21,22,24)/t13-,16+/m0/s1. The highest BCUT2D eigenvalue weighted by Crippen LogP contribution is 2.23. The fraction of sp³-hybridized carbons (Fsp3) is 0.526. The number of rotatable bonds is 6. The molecule has 7 nitrogen and oxygen atoms in total. The quantitative estimate of drug-likeness (QED) is 0.757. The molecule has 142 valence electrons.